The molecule has 2 N–H and O–H groups in total. The molecule has 0 aliphatic rings. The van der Waals surface area contributed by atoms with Crippen molar-refractivity contribution in [2.75, 3.05) is 0 Å². The van der Waals surface area contributed by atoms with Crippen LogP contribution in [-0.4, -0.2) is 31.7 Å². The third-order valence-corrected chi connectivity index (χ3v) is 4.69. The first-order valence-corrected chi connectivity index (χ1v) is 7.44. The van der Waals surface area contributed by atoms with Crippen LogP contribution < -0.4 is 4.72 Å². The van der Waals surface area contributed by atoms with Gasteiger partial charge in [0.2, 0.25) is 10.0 Å². The standard InChI is InChI=1S/C10H8Cl2F3NO4S/c11-5-2-1-3-6(12)9(5)21(19,20)16-7(4-8(17)18)10(13,14)15/h1-3,7,16H,4H2,(H,17,18)/t7-/m1/s1. The zero-order valence-electron chi connectivity index (χ0n) is 9.99. The zero-order chi connectivity index (χ0) is 16.4. The molecule has 11 heteroatoms. The lowest BCUT2D eigenvalue weighted by Crippen LogP contribution is -2.46. The molecule has 118 valence electrons. The van der Waals surface area contributed by atoms with Crippen LogP contribution in [0.15, 0.2) is 23.1 Å². The highest BCUT2D eigenvalue weighted by Gasteiger charge is 2.44. The van der Waals surface area contributed by atoms with Crippen LogP contribution in [0.25, 0.3) is 0 Å². The van der Waals surface area contributed by atoms with Gasteiger partial charge in [0.1, 0.15) is 10.9 Å². The van der Waals surface area contributed by atoms with E-state index in [0.717, 1.165) is 12.1 Å². The number of carboxylic acid groups (broad SMARTS) is 1. The SMILES string of the molecule is O=C(O)C[C@@H](NS(=O)(=O)c1c(Cl)cccc1Cl)C(F)(F)F. The number of rotatable bonds is 5. The van der Waals surface area contributed by atoms with Gasteiger partial charge in [-0.1, -0.05) is 29.3 Å². The van der Waals surface area contributed by atoms with E-state index in [1.54, 1.807) is 0 Å². The summed E-state index contributed by atoms with van der Waals surface area (Å²) >= 11 is 11.2. The van der Waals surface area contributed by atoms with Gasteiger partial charge in [0.05, 0.1) is 16.5 Å². The number of aliphatic carboxylic acids is 1. The van der Waals surface area contributed by atoms with E-state index in [2.05, 4.69) is 0 Å². The summed E-state index contributed by atoms with van der Waals surface area (Å²) in [6, 6.07) is 0.763. The van der Waals surface area contributed by atoms with E-state index in [9.17, 15) is 26.4 Å². The van der Waals surface area contributed by atoms with Gasteiger partial charge < -0.3 is 5.11 Å². The minimum absolute atomic E-state index is 0.383. The van der Waals surface area contributed by atoms with Crippen molar-refractivity contribution in [3.63, 3.8) is 0 Å². The summed E-state index contributed by atoms with van der Waals surface area (Å²) < 4.78 is 63.2. The lowest BCUT2D eigenvalue weighted by molar-refractivity contribution is -0.163. The molecule has 1 rings (SSSR count). The van der Waals surface area contributed by atoms with Crippen molar-refractivity contribution < 1.29 is 31.5 Å². The summed E-state index contributed by atoms with van der Waals surface area (Å²) in [5, 5.41) is 7.67. The second-order valence-electron chi connectivity index (χ2n) is 3.86. The molecule has 0 bridgehead atoms. The number of nitrogens with one attached hydrogen (secondary N) is 1. The molecule has 0 aliphatic heterocycles. The maximum atomic E-state index is 12.7. The van der Waals surface area contributed by atoms with Gasteiger partial charge in [-0.15, -0.1) is 0 Å². The Balaban J connectivity index is 3.21. The molecule has 0 aliphatic carbocycles. The lowest BCUT2D eigenvalue weighted by Gasteiger charge is -2.20. The van der Waals surface area contributed by atoms with Crippen LogP contribution >= 0.6 is 23.2 Å². The van der Waals surface area contributed by atoms with Gasteiger partial charge in [0.15, 0.2) is 0 Å². The molecule has 1 aromatic rings. The highest BCUT2D eigenvalue weighted by atomic mass is 35.5. The van der Waals surface area contributed by atoms with E-state index in [-0.39, 0.29) is 10.0 Å². The summed E-state index contributed by atoms with van der Waals surface area (Å²) in [5.74, 6) is -1.81. The molecule has 0 heterocycles. The number of hydrogen-bond acceptors (Lipinski definition) is 3. The van der Waals surface area contributed by atoms with Gasteiger partial charge in [0.25, 0.3) is 0 Å². The molecule has 0 spiro atoms. The number of sulfonamides is 1. The molecule has 5 nitrogen and oxygen atoms in total. The van der Waals surface area contributed by atoms with Gasteiger partial charge in [-0.05, 0) is 12.1 Å². The van der Waals surface area contributed by atoms with Crippen LogP contribution in [0.5, 0.6) is 0 Å². The number of benzene rings is 1. The summed E-state index contributed by atoms with van der Waals surface area (Å²) in [6.45, 7) is 0. The minimum Gasteiger partial charge on any atom is -0.481 e. The largest absolute Gasteiger partial charge is 0.481 e. The Bertz CT molecular complexity index is 628. The monoisotopic (exact) mass is 365 g/mol. The summed E-state index contributed by atoms with van der Waals surface area (Å²) in [6.07, 6.45) is -6.55. The van der Waals surface area contributed by atoms with Crippen LogP contribution in [0, 0.1) is 0 Å². The predicted molar refractivity (Wildman–Crippen MR) is 68.9 cm³/mol. The summed E-state index contributed by atoms with van der Waals surface area (Å²) in [7, 11) is -4.75. The Labute approximate surface area is 127 Å². The summed E-state index contributed by atoms with van der Waals surface area (Å²) in [4.78, 5) is 9.68. The first-order chi connectivity index (χ1) is 9.45. The van der Waals surface area contributed by atoms with Crippen LogP contribution in [0.1, 0.15) is 6.42 Å². The molecule has 1 atom stereocenters. The normalized spacial score (nSPS) is 14.0. The van der Waals surface area contributed by atoms with E-state index in [1.807, 2.05) is 0 Å². The van der Waals surface area contributed by atoms with Crippen molar-refractivity contribution in [3.8, 4) is 0 Å². The van der Waals surface area contributed by atoms with Crippen molar-refractivity contribution in [1.29, 1.82) is 0 Å². The fraction of sp³-hybridized carbons (Fsp3) is 0.300. The predicted octanol–water partition coefficient (Wildman–Crippen LogP) is 2.68. The molecule has 1 aromatic carbocycles. The number of carboxylic acids is 1. The van der Waals surface area contributed by atoms with Crippen LogP contribution in [0.3, 0.4) is 0 Å². The highest BCUT2D eigenvalue weighted by Crippen LogP contribution is 2.31. The van der Waals surface area contributed by atoms with Gasteiger partial charge in [-0.25, -0.2) is 8.42 Å². The van der Waals surface area contributed by atoms with E-state index in [1.165, 1.54) is 10.8 Å². The van der Waals surface area contributed by atoms with Gasteiger partial charge in [-0.2, -0.15) is 17.9 Å². The van der Waals surface area contributed by atoms with E-state index in [0.29, 0.717) is 0 Å². The topological polar surface area (TPSA) is 83.5 Å². The Morgan fingerprint density at radius 3 is 2.14 bits per heavy atom. The highest BCUT2D eigenvalue weighted by molar-refractivity contribution is 7.89. The molecule has 0 fully saturated rings. The lowest BCUT2D eigenvalue weighted by atomic mass is 10.2. The first-order valence-electron chi connectivity index (χ1n) is 5.20. The van der Waals surface area contributed by atoms with Crippen molar-refractivity contribution >= 4 is 39.2 Å². The van der Waals surface area contributed by atoms with Gasteiger partial charge >= 0.3 is 12.1 Å². The smallest absolute Gasteiger partial charge is 0.405 e. The fourth-order valence-corrected chi connectivity index (χ4v) is 3.75. The molecule has 0 radical (unpaired) electrons. The average Bonchev–Trinajstić information content (AvgIpc) is 2.24. The third-order valence-electron chi connectivity index (χ3n) is 2.26. The van der Waals surface area contributed by atoms with Crippen LogP contribution in [0.2, 0.25) is 10.0 Å². The number of alkyl halides is 3. The van der Waals surface area contributed by atoms with Gasteiger partial charge in [0, 0.05) is 0 Å². The Kier molecular flexibility index (Phi) is 5.48. The fourth-order valence-electron chi connectivity index (χ4n) is 1.38. The Hall–Kier alpha value is -1.03. The van der Waals surface area contributed by atoms with Crippen molar-refractivity contribution in [2.24, 2.45) is 0 Å². The number of hydrogen-bond donors (Lipinski definition) is 2. The summed E-state index contributed by atoms with van der Waals surface area (Å²) in [5.41, 5.74) is 0. The van der Waals surface area contributed by atoms with Crippen LogP contribution in [0.4, 0.5) is 13.2 Å². The molecule has 0 saturated heterocycles. The maximum absolute atomic E-state index is 12.7. The first kappa shape index (κ1) is 18.0. The van der Waals surface area contributed by atoms with Crippen LogP contribution in [-0.2, 0) is 14.8 Å². The van der Waals surface area contributed by atoms with E-state index in [4.69, 9.17) is 28.3 Å². The second kappa shape index (κ2) is 6.39. The van der Waals surface area contributed by atoms with E-state index >= 15 is 0 Å². The molecule has 0 amide bonds. The Morgan fingerprint density at radius 1 is 1.29 bits per heavy atom. The third kappa shape index (κ3) is 4.73. The number of carbonyl (C=O) groups is 1. The quantitative estimate of drug-likeness (QED) is 0.840. The maximum Gasteiger partial charge on any atom is 0.405 e. The average molecular weight is 366 g/mol. The molecular formula is C10H8Cl2F3NO4S. The second-order valence-corrected chi connectivity index (χ2v) is 6.33. The van der Waals surface area contributed by atoms with Crippen molar-refractivity contribution in [3.05, 3.63) is 28.2 Å². The molecule has 0 saturated carbocycles. The van der Waals surface area contributed by atoms with Crippen molar-refractivity contribution in [2.45, 2.75) is 23.5 Å². The molecule has 21 heavy (non-hydrogen) atoms. The molecule has 0 aromatic heterocycles. The number of halogens is 5. The van der Waals surface area contributed by atoms with Gasteiger partial charge in [-0.3, -0.25) is 4.79 Å². The zero-order valence-corrected chi connectivity index (χ0v) is 12.3. The van der Waals surface area contributed by atoms with E-state index < -0.39 is 39.5 Å². The minimum atomic E-state index is -5.08. The van der Waals surface area contributed by atoms with Crippen molar-refractivity contribution in [1.82, 2.24) is 4.72 Å². The Morgan fingerprint density at radius 2 is 1.76 bits per heavy atom. The molecular weight excluding hydrogens is 358 g/mol. The molecule has 0 unspecified atom stereocenters.